The Balaban J connectivity index is 1.63. The van der Waals surface area contributed by atoms with E-state index in [0.29, 0.717) is 31.3 Å². The maximum absolute atomic E-state index is 12.0. The lowest BCUT2D eigenvalue weighted by molar-refractivity contribution is -0.121. The van der Waals surface area contributed by atoms with Gasteiger partial charge in [0.25, 0.3) is 0 Å². The molecule has 1 N–H and O–H groups in total. The first-order valence-corrected chi connectivity index (χ1v) is 8.92. The molecule has 0 saturated carbocycles. The van der Waals surface area contributed by atoms with Crippen molar-refractivity contribution >= 4 is 17.5 Å². The molecule has 2 aromatic rings. The Morgan fingerprint density at radius 3 is 2.62 bits per heavy atom. The number of benzene rings is 2. The van der Waals surface area contributed by atoms with Crippen molar-refractivity contribution in [2.45, 2.75) is 6.42 Å². The monoisotopic (exact) mass is 376 g/mol. The molecule has 0 aliphatic carbocycles. The molecule has 0 spiro atoms. The van der Waals surface area contributed by atoms with E-state index in [0.717, 1.165) is 23.5 Å². The number of halogens is 1. The quantitative estimate of drug-likeness (QED) is 0.692. The second-order valence-corrected chi connectivity index (χ2v) is 6.39. The van der Waals surface area contributed by atoms with Gasteiger partial charge in [0.2, 0.25) is 5.91 Å². The van der Waals surface area contributed by atoms with Crippen LogP contribution in [0.15, 0.2) is 48.5 Å². The first kappa shape index (κ1) is 20.1. The fourth-order valence-electron chi connectivity index (χ4n) is 2.48. The van der Waals surface area contributed by atoms with Crippen molar-refractivity contribution in [2.24, 2.45) is 0 Å². The van der Waals surface area contributed by atoms with Gasteiger partial charge in [0.1, 0.15) is 18.1 Å². The van der Waals surface area contributed by atoms with Crippen LogP contribution >= 0.6 is 11.6 Å². The van der Waals surface area contributed by atoms with Gasteiger partial charge >= 0.3 is 0 Å². The Kier molecular flexibility index (Phi) is 8.25. The molecule has 1 amide bonds. The Morgan fingerprint density at radius 1 is 1.15 bits per heavy atom. The molecule has 0 atom stereocenters. The van der Waals surface area contributed by atoms with Gasteiger partial charge in [-0.3, -0.25) is 9.69 Å². The number of methoxy groups -OCH3 is 1. The van der Waals surface area contributed by atoms with Crippen LogP contribution in [0.25, 0.3) is 0 Å². The molecule has 26 heavy (non-hydrogen) atoms. The molecule has 2 aromatic carbocycles. The van der Waals surface area contributed by atoms with E-state index >= 15 is 0 Å². The van der Waals surface area contributed by atoms with E-state index < -0.39 is 0 Å². The lowest BCUT2D eigenvalue weighted by Gasteiger charge is -2.17. The van der Waals surface area contributed by atoms with Crippen LogP contribution in [-0.4, -0.2) is 51.2 Å². The largest absolute Gasteiger partial charge is 0.496 e. The zero-order valence-electron chi connectivity index (χ0n) is 15.2. The minimum atomic E-state index is -0.00566. The van der Waals surface area contributed by atoms with Crippen LogP contribution in [0.5, 0.6) is 11.5 Å². The van der Waals surface area contributed by atoms with Gasteiger partial charge in [0.15, 0.2) is 0 Å². The highest BCUT2D eigenvalue weighted by atomic mass is 35.5. The number of ether oxygens (including phenoxy) is 2. The summed E-state index contributed by atoms with van der Waals surface area (Å²) in [6, 6.07) is 15.1. The zero-order valence-corrected chi connectivity index (χ0v) is 16.0. The minimum absolute atomic E-state index is 0.00566. The highest BCUT2D eigenvalue weighted by Crippen LogP contribution is 2.17. The number of nitrogens with zero attached hydrogens (tertiary/aromatic N) is 1. The fraction of sp³-hybridized carbons (Fsp3) is 0.350. The number of likely N-dealkylation sites (N-methyl/N-ethyl adjacent to an activating group) is 1. The average Bonchev–Trinajstić information content (AvgIpc) is 2.63. The van der Waals surface area contributed by atoms with Crippen molar-refractivity contribution in [1.29, 1.82) is 0 Å². The second-order valence-electron chi connectivity index (χ2n) is 5.95. The van der Waals surface area contributed by atoms with Crippen LogP contribution in [0.1, 0.15) is 5.56 Å². The number of carbonyl (C=O) groups is 1. The Labute approximate surface area is 159 Å². The molecule has 0 aliphatic heterocycles. The number of carbonyl (C=O) groups excluding carboxylic acids is 1. The number of amides is 1. The number of nitrogens with one attached hydrogen (secondary N) is 1. The molecule has 0 heterocycles. The summed E-state index contributed by atoms with van der Waals surface area (Å²) in [5, 5.41) is 3.62. The summed E-state index contributed by atoms with van der Waals surface area (Å²) >= 11 is 5.84. The van der Waals surface area contributed by atoms with E-state index in [1.165, 1.54) is 0 Å². The van der Waals surface area contributed by atoms with Crippen LogP contribution in [0.4, 0.5) is 0 Å². The number of hydrogen-bond acceptors (Lipinski definition) is 4. The Hall–Kier alpha value is -2.24. The first-order valence-electron chi connectivity index (χ1n) is 8.54. The lowest BCUT2D eigenvalue weighted by atomic mass is 10.1. The molecule has 0 aromatic heterocycles. The fourth-order valence-corrected chi connectivity index (χ4v) is 2.60. The van der Waals surface area contributed by atoms with Crippen LogP contribution in [0.2, 0.25) is 5.02 Å². The highest BCUT2D eigenvalue weighted by molar-refractivity contribution is 6.30. The van der Waals surface area contributed by atoms with Gasteiger partial charge in [0.05, 0.1) is 13.7 Å². The molecule has 140 valence electrons. The summed E-state index contributed by atoms with van der Waals surface area (Å²) in [6.07, 6.45) is 0.735. The third kappa shape index (κ3) is 6.94. The predicted molar refractivity (Wildman–Crippen MR) is 104 cm³/mol. The van der Waals surface area contributed by atoms with Gasteiger partial charge in [-0.05, 0) is 49.4 Å². The Morgan fingerprint density at radius 2 is 1.88 bits per heavy atom. The number of para-hydroxylation sites is 1. The summed E-state index contributed by atoms with van der Waals surface area (Å²) in [4.78, 5) is 14.0. The van der Waals surface area contributed by atoms with Crippen molar-refractivity contribution in [3.05, 3.63) is 59.1 Å². The Bertz CT molecular complexity index is 692. The lowest BCUT2D eigenvalue weighted by Crippen LogP contribution is -2.37. The van der Waals surface area contributed by atoms with Crippen LogP contribution in [0, 0.1) is 0 Å². The molecule has 0 saturated heterocycles. The molecule has 0 bridgehead atoms. The van der Waals surface area contributed by atoms with Crippen molar-refractivity contribution in [1.82, 2.24) is 10.2 Å². The molecule has 0 fully saturated rings. The summed E-state index contributed by atoms with van der Waals surface area (Å²) in [5.41, 5.74) is 1.08. The van der Waals surface area contributed by atoms with Crippen LogP contribution < -0.4 is 14.8 Å². The van der Waals surface area contributed by atoms with E-state index in [1.807, 2.05) is 48.3 Å². The molecule has 6 heteroatoms. The van der Waals surface area contributed by atoms with Gasteiger partial charge in [-0.25, -0.2) is 0 Å². The smallest absolute Gasteiger partial charge is 0.234 e. The molecule has 0 aliphatic rings. The van der Waals surface area contributed by atoms with Crippen molar-refractivity contribution in [3.63, 3.8) is 0 Å². The highest BCUT2D eigenvalue weighted by Gasteiger charge is 2.07. The molecular weight excluding hydrogens is 352 g/mol. The van der Waals surface area contributed by atoms with Gasteiger partial charge in [-0.2, -0.15) is 0 Å². The average molecular weight is 377 g/mol. The van der Waals surface area contributed by atoms with Gasteiger partial charge < -0.3 is 14.8 Å². The van der Waals surface area contributed by atoms with Crippen LogP contribution in [0.3, 0.4) is 0 Å². The third-order valence-electron chi connectivity index (χ3n) is 3.88. The van der Waals surface area contributed by atoms with E-state index in [4.69, 9.17) is 21.1 Å². The summed E-state index contributed by atoms with van der Waals surface area (Å²) in [6.45, 7) is 2.07. The molecule has 0 radical (unpaired) electrons. The zero-order chi connectivity index (χ0) is 18.8. The summed E-state index contributed by atoms with van der Waals surface area (Å²) in [7, 11) is 3.55. The van der Waals surface area contributed by atoms with Crippen molar-refractivity contribution in [2.75, 3.05) is 40.4 Å². The maximum Gasteiger partial charge on any atom is 0.234 e. The second kappa shape index (κ2) is 10.7. The van der Waals surface area contributed by atoms with Crippen LogP contribution in [-0.2, 0) is 11.2 Å². The maximum atomic E-state index is 12.0. The topological polar surface area (TPSA) is 50.8 Å². The van der Waals surface area contributed by atoms with E-state index in [-0.39, 0.29) is 5.91 Å². The van der Waals surface area contributed by atoms with E-state index in [1.54, 1.807) is 19.2 Å². The first-order chi connectivity index (χ1) is 12.6. The van der Waals surface area contributed by atoms with E-state index in [9.17, 15) is 4.79 Å². The van der Waals surface area contributed by atoms with Gasteiger partial charge in [0, 0.05) is 18.1 Å². The predicted octanol–water partition coefficient (Wildman–Crippen LogP) is 3.02. The molecule has 2 rings (SSSR count). The minimum Gasteiger partial charge on any atom is -0.496 e. The number of hydrogen-bond donors (Lipinski definition) is 1. The normalized spacial score (nSPS) is 10.6. The SMILES string of the molecule is COc1ccccc1CCNC(=O)CN(C)CCOc1ccc(Cl)cc1. The van der Waals surface area contributed by atoms with Crippen molar-refractivity contribution < 1.29 is 14.3 Å². The molecular formula is C20H25ClN2O3. The third-order valence-corrected chi connectivity index (χ3v) is 4.13. The van der Waals surface area contributed by atoms with Crippen molar-refractivity contribution in [3.8, 4) is 11.5 Å². The summed E-state index contributed by atoms with van der Waals surface area (Å²) < 4.78 is 10.9. The standard InChI is InChI=1S/C20H25ClN2O3/c1-23(13-14-26-18-9-7-17(21)8-10-18)15-20(24)22-12-11-16-5-3-4-6-19(16)25-2/h3-10H,11-15H2,1-2H3,(H,22,24). The molecule has 0 unspecified atom stereocenters. The number of rotatable bonds is 10. The van der Waals surface area contributed by atoms with Gasteiger partial charge in [-0.1, -0.05) is 29.8 Å². The van der Waals surface area contributed by atoms with E-state index in [2.05, 4.69) is 5.32 Å². The molecule has 5 nitrogen and oxygen atoms in total. The van der Waals surface area contributed by atoms with Gasteiger partial charge in [-0.15, -0.1) is 0 Å². The summed E-state index contributed by atoms with van der Waals surface area (Å²) in [5.74, 6) is 1.61.